The fourth-order valence-electron chi connectivity index (χ4n) is 5.22. The number of benzene rings is 3. The minimum Gasteiger partial charge on any atom is -0.497 e. The molecule has 1 fully saturated rings. The van der Waals surface area contributed by atoms with E-state index in [2.05, 4.69) is 21.9 Å². The molecule has 0 saturated carbocycles. The Morgan fingerprint density at radius 2 is 1.67 bits per heavy atom. The molecule has 0 unspecified atom stereocenters. The van der Waals surface area contributed by atoms with Crippen LogP contribution in [0.1, 0.15) is 29.4 Å². The van der Waals surface area contributed by atoms with Crippen LogP contribution < -0.4 is 14.4 Å². The van der Waals surface area contributed by atoms with E-state index in [1.54, 1.807) is 25.8 Å². The molecular formula is C35H37F3N2O5S. The Bertz CT molecular complexity index is 1600. The van der Waals surface area contributed by atoms with Crippen molar-refractivity contribution in [2.75, 3.05) is 51.4 Å². The lowest BCUT2D eigenvalue weighted by molar-refractivity contribution is -0.145. The van der Waals surface area contributed by atoms with E-state index in [0.717, 1.165) is 71.5 Å². The average Bonchev–Trinajstić information content (AvgIpc) is 3.46. The van der Waals surface area contributed by atoms with Gasteiger partial charge in [-0.2, -0.15) is 13.2 Å². The number of nitrogens with zero attached hydrogens (tertiary/aromatic N) is 2. The molecule has 0 spiro atoms. The van der Waals surface area contributed by atoms with Gasteiger partial charge in [-0.05, 0) is 80.1 Å². The van der Waals surface area contributed by atoms with Gasteiger partial charge in [0.1, 0.15) is 23.0 Å². The molecule has 1 aliphatic heterocycles. The van der Waals surface area contributed by atoms with E-state index in [0.29, 0.717) is 36.0 Å². The summed E-state index contributed by atoms with van der Waals surface area (Å²) < 4.78 is 61.7. The first-order chi connectivity index (χ1) is 22.1. The van der Waals surface area contributed by atoms with Crippen molar-refractivity contribution < 1.29 is 36.6 Å². The highest BCUT2D eigenvalue weighted by molar-refractivity contribution is 7.98. The van der Waals surface area contributed by atoms with Crippen molar-refractivity contribution >= 4 is 23.4 Å². The Morgan fingerprint density at radius 1 is 0.957 bits per heavy atom. The van der Waals surface area contributed by atoms with Gasteiger partial charge in [0, 0.05) is 53.6 Å². The average molecular weight is 655 g/mol. The Balaban J connectivity index is 1.29. The second-order valence-corrected chi connectivity index (χ2v) is 12.0. The summed E-state index contributed by atoms with van der Waals surface area (Å²) in [6.45, 7) is 7.78. The van der Waals surface area contributed by atoms with Crippen LogP contribution >= 0.6 is 11.8 Å². The van der Waals surface area contributed by atoms with Gasteiger partial charge in [0.15, 0.2) is 6.61 Å². The van der Waals surface area contributed by atoms with E-state index >= 15 is 0 Å². The van der Waals surface area contributed by atoms with Gasteiger partial charge in [0.2, 0.25) is 0 Å². The lowest BCUT2D eigenvalue weighted by Crippen LogP contribution is -2.46. The summed E-state index contributed by atoms with van der Waals surface area (Å²) in [5.41, 5.74) is 2.92. The van der Waals surface area contributed by atoms with E-state index in [-0.39, 0.29) is 6.61 Å². The second kappa shape index (κ2) is 15.0. The highest BCUT2D eigenvalue weighted by atomic mass is 32.2. The van der Waals surface area contributed by atoms with Crippen molar-refractivity contribution in [1.82, 2.24) is 4.90 Å². The molecular weight excluding hydrogens is 617 g/mol. The van der Waals surface area contributed by atoms with Gasteiger partial charge < -0.3 is 23.5 Å². The number of aryl methyl sites for hydroxylation is 1. The van der Waals surface area contributed by atoms with Gasteiger partial charge >= 0.3 is 12.1 Å². The number of esters is 1. The van der Waals surface area contributed by atoms with Crippen LogP contribution in [0.5, 0.6) is 11.5 Å². The third kappa shape index (κ3) is 8.58. The van der Waals surface area contributed by atoms with Crippen molar-refractivity contribution in [3.05, 3.63) is 95.2 Å². The summed E-state index contributed by atoms with van der Waals surface area (Å²) in [7, 11) is 1.65. The summed E-state index contributed by atoms with van der Waals surface area (Å²) in [4.78, 5) is 17.4. The molecule has 0 atom stereocenters. The van der Waals surface area contributed by atoms with Crippen LogP contribution in [0, 0.1) is 6.92 Å². The summed E-state index contributed by atoms with van der Waals surface area (Å²) in [6, 6.07) is 20.8. The molecule has 244 valence electrons. The Kier molecular flexibility index (Phi) is 10.9. The minimum absolute atomic E-state index is 0.152. The van der Waals surface area contributed by atoms with Crippen molar-refractivity contribution in [1.29, 1.82) is 0 Å². The number of methoxy groups -OCH3 is 1. The highest BCUT2D eigenvalue weighted by Crippen LogP contribution is 2.35. The van der Waals surface area contributed by atoms with Crippen molar-refractivity contribution in [2.24, 2.45) is 0 Å². The van der Waals surface area contributed by atoms with Crippen LogP contribution in [-0.2, 0) is 28.0 Å². The number of halogens is 3. The fraction of sp³-hybridized carbons (Fsp3) is 0.343. The molecule has 1 aromatic heterocycles. The SMILES string of the molecule is CCOC(=O)COc1ccc(SCc2cc(-c3ccc(C(F)(F)F)cc3)oc2CN2CCN(c3ccc(OC)cc3)CC2)cc1C. The maximum atomic E-state index is 13.2. The molecule has 0 N–H and O–H groups in total. The van der Waals surface area contributed by atoms with Crippen LogP contribution in [0.25, 0.3) is 11.3 Å². The minimum atomic E-state index is -4.40. The van der Waals surface area contributed by atoms with Crippen molar-refractivity contribution in [3.63, 3.8) is 0 Å². The molecule has 5 rings (SSSR count). The van der Waals surface area contributed by atoms with Crippen molar-refractivity contribution in [2.45, 2.75) is 37.2 Å². The number of rotatable bonds is 12. The van der Waals surface area contributed by atoms with Crippen LogP contribution in [0.4, 0.5) is 18.9 Å². The second-order valence-electron chi connectivity index (χ2n) is 10.9. The Morgan fingerprint density at radius 3 is 2.30 bits per heavy atom. The quantitative estimate of drug-likeness (QED) is 0.113. The molecule has 0 amide bonds. The van der Waals surface area contributed by atoms with Gasteiger partial charge in [-0.3, -0.25) is 4.90 Å². The maximum absolute atomic E-state index is 13.2. The Hall–Kier alpha value is -4.09. The van der Waals surface area contributed by atoms with E-state index in [4.69, 9.17) is 18.6 Å². The fourth-order valence-corrected chi connectivity index (χ4v) is 6.21. The lowest BCUT2D eigenvalue weighted by Gasteiger charge is -2.35. The first kappa shape index (κ1) is 33.3. The van der Waals surface area contributed by atoms with E-state index in [1.165, 1.54) is 12.1 Å². The number of hydrogen-bond acceptors (Lipinski definition) is 8. The molecule has 0 aliphatic carbocycles. The third-order valence-electron chi connectivity index (χ3n) is 7.76. The molecule has 11 heteroatoms. The topological polar surface area (TPSA) is 64.4 Å². The maximum Gasteiger partial charge on any atom is 0.416 e. The predicted molar refractivity (Wildman–Crippen MR) is 172 cm³/mol. The monoisotopic (exact) mass is 654 g/mol. The number of furan rings is 1. The van der Waals surface area contributed by atoms with Gasteiger partial charge in [-0.15, -0.1) is 11.8 Å². The zero-order valence-electron chi connectivity index (χ0n) is 26.1. The largest absolute Gasteiger partial charge is 0.497 e. The van der Waals surface area contributed by atoms with Crippen LogP contribution in [0.2, 0.25) is 0 Å². The third-order valence-corrected chi connectivity index (χ3v) is 8.80. The molecule has 1 saturated heterocycles. The molecule has 46 heavy (non-hydrogen) atoms. The number of carbonyl (C=O) groups excluding carboxylic acids is 1. The lowest BCUT2D eigenvalue weighted by atomic mass is 10.1. The normalized spacial score (nSPS) is 13.9. The van der Waals surface area contributed by atoms with Crippen LogP contribution in [0.15, 0.2) is 82.1 Å². The summed E-state index contributed by atoms with van der Waals surface area (Å²) >= 11 is 1.63. The number of carbonyl (C=O) groups is 1. The number of thioether (sulfide) groups is 1. The Labute approximate surface area is 271 Å². The number of hydrogen-bond donors (Lipinski definition) is 0. The zero-order chi connectivity index (χ0) is 32.7. The first-order valence-electron chi connectivity index (χ1n) is 15.1. The number of anilines is 1. The molecule has 7 nitrogen and oxygen atoms in total. The molecule has 3 aromatic carbocycles. The molecule has 4 aromatic rings. The van der Waals surface area contributed by atoms with Gasteiger partial charge in [0.25, 0.3) is 0 Å². The predicted octanol–water partition coefficient (Wildman–Crippen LogP) is 7.84. The summed E-state index contributed by atoms with van der Waals surface area (Å²) in [5.74, 6) is 2.95. The van der Waals surface area contributed by atoms with Gasteiger partial charge in [0.05, 0.1) is 25.8 Å². The van der Waals surface area contributed by atoms with Crippen LogP contribution in [0.3, 0.4) is 0 Å². The smallest absolute Gasteiger partial charge is 0.416 e. The molecule has 2 heterocycles. The van der Waals surface area contributed by atoms with E-state index < -0.39 is 17.7 Å². The highest BCUT2D eigenvalue weighted by Gasteiger charge is 2.30. The standard InChI is InChI=1S/C35H37F3N2O5S/c1-4-43-34(41)22-44-31-14-13-30(19-24(31)2)46-23-26-20-32(25-5-7-27(8-6-25)35(36,37)38)45-33(26)21-39-15-17-40(18-16-39)28-9-11-29(42-3)12-10-28/h5-14,19-20H,4,15-18,21-23H2,1-3H3. The van der Waals surface area contributed by atoms with Gasteiger partial charge in [-0.1, -0.05) is 12.1 Å². The van der Waals surface area contributed by atoms with Gasteiger partial charge in [-0.25, -0.2) is 4.79 Å². The van der Waals surface area contributed by atoms with Crippen LogP contribution in [-0.4, -0.2) is 57.4 Å². The van der Waals surface area contributed by atoms with E-state index in [9.17, 15) is 18.0 Å². The summed E-state index contributed by atoms with van der Waals surface area (Å²) in [5, 5.41) is 0. The number of piperazine rings is 1. The molecule has 1 aliphatic rings. The number of ether oxygens (including phenoxy) is 3. The zero-order valence-corrected chi connectivity index (χ0v) is 26.9. The van der Waals surface area contributed by atoms with E-state index in [1.807, 2.05) is 43.3 Å². The van der Waals surface area contributed by atoms with Crippen molar-refractivity contribution in [3.8, 4) is 22.8 Å². The first-order valence-corrected chi connectivity index (χ1v) is 16.0. The molecule has 0 bridgehead atoms. The molecule has 0 radical (unpaired) electrons. The summed E-state index contributed by atoms with van der Waals surface area (Å²) in [6.07, 6.45) is -4.40. The number of alkyl halides is 3.